The van der Waals surface area contributed by atoms with Crippen LogP contribution in [0.1, 0.15) is 46.6 Å². The molecule has 1 spiro atoms. The molecule has 2 aliphatic rings. The lowest BCUT2D eigenvalue weighted by Crippen LogP contribution is -2.62. The van der Waals surface area contributed by atoms with Crippen molar-refractivity contribution in [2.45, 2.75) is 58.1 Å². The number of halogens is 2. The Bertz CT molecular complexity index is 760. The molecule has 0 aromatic heterocycles. The van der Waals surface area contributed by atoms with Crippen LogP contribution < -0.4 is 5.32 Å². The van der Waals surface area contributed by atoms with Gasteiger partial charge in [0.15, 0.2) is 0 Å². The van der Waals surface area contributed by atoms with Crippen LogP contribution in [0, 0.1) is 17.0 Å². The number of likely N-dealkylation sites (tertiary alicyclic amines) is 1. The van der Waals surface area contributed by atoms with Gasteiger partial charge in [0.1, 0.15) is 17.2 Å². The van der Waals surface area contributed by atoms with E-state index in [9.17, 15) is 18.4 Å². The number of carbonyl (C=O) groups excluding carboxylic acids is 2. The fourth-order valence-corrected chi connectivity index (χ4v) is 3.98. The molecule has 3 rings (SSSR count). The molecule has 1 atom stereocenters. The maximum atomic E-state index is 14.3. The highest BCUT2D eigenvalue weighted by atomic mass is 19.1. The van der Waals surface area contributed by atoms with Crippen molar-refractivity contribution < 1.29 is 23.1 Å². The molecule has 2 aliphatic heterocycles. The fourth-order valence-electron chi connectivity index (χ4n) is 3.98. The maximum absolute atomic E-state index is 14.3. The number of amides is 2. The topological polar surface area (TPSA) is 58.6 Å². The molecule has 0 radical (unpaired) electrons. The van der Waals surface area contributed by atoms with Crippen molar-refractivity contribution in [3.63, 3.8) is 0 Å². The monoisotopic (exact) mass is 380 g/mol. The van der Waals surface area contributed by atoms with Gasteiger partial charge >= 0.3 is 6.09 Å². The predicted octanol–water partition coefficient (Wildman–Crippen LogP) is 3.37. The molecule has 27 heavy (non-hydrogen) atoms. The van der Waals surface area contributed by atoms with Gasteiger partial charge in [-0.1, -0.05) is 19.9 Å². The highest BCUT2D eigenvalue weighted by Gasteiger charge is 2.59. The number of nitrogens with one attached hydrogen (secondary N) is 1. The number of nitrogens with zero attached hydrogens (tertiary/aromatic N) is 1. The Morgan fingerprint density at radius 1 is 1.19 bits per heavy atom. The summed E-state index contributed by atoms with van der Waals surface area (Å²) in [6, 6.07) is 3.33. The van der Waals surface area contributed by atoms with Crippen LogP contribution >= 0.6 is 0 Å². The van der Waals surface area contributed by atoms with Gasteiger partial charge in [-0.15, -0.1) is 0 Å². The molecule has 1 N–H and O–H groups in total. The highest BCUT2D eigenvalue weighted by Crippen LogP contribution is 2.45. The minimum atomic E-state index is -0.930. The summed E-state index contributed by atoms with van der Waals surface area (Å²) in [7, 11) is 0. The summed E-state index contributed by atoms with van der Waals surface area (Å²) in [5.74, 6) is -1.43. The highest BCUT2D eigenvalue weighted by molar-refractivity contribution is 5.89. The summed E-state index contributed by atoms with van der Waals surface area (Å²) in [5, 5.41) is 2.90. The summed E-state index contributed by atoms with van der Waals surface area (Å²) in [6.07, 6.45) is -0.0462. The van der Waals surface area contributed by atoms with E-state index in [4.69, 9.17) is 4.74 Å². The van der Waals surface area contributed by atoms with Gasteiger partial charge in [0.2, 0.25) is 5.91 Å². The lowest BCUT2D eigenvalue weighted by Gasteiger charge is -2.46. The van der Waals surface area contributed by atoms with E-state index >= 15 is 0 Å². The van der Waals surface area contributed by atoms with Crippen molar-refractivity contribution in [1.29, 1.82) is 0 Å². The molecule has 1 aromatic carbocycles. The van der Waals surface area contributed by atoms with E-state index in [1.54, 1.807) is 34.6 Å². The molecule has 2 heterocycles. The van der Waals surface area contributed by atoms with Crippen LogP contribution in [-0.2, 0) is 14.9 Å². The quantitative estimate of drug-likeness (QED) is 0.856. The molecular weight excluding hydrogens is 354 g/mol. The Morgan fingerprint density at radius 3 is 2.26 bits per heavy atom. The molecule has 0 saturated carbocycles. The Labute approximate surface area is 158 Å². The van der Waals surface area contributed by atoms with Crippen molar-refractivity contribution >= 4 is 12.0 Å². The number of hydrogen-bond acceptors (Lipinski definition) is 3. The van der Waals surface area contributed by atoms with Gasteiger partial charge in [0.25, 0.3) is 0 Å². The number of carbonyl (C=O) groups is 2. The zero-order valence-corrected chi connectivity index (χ0v) is 16.4. The van der Waals surface area contributed by atoms with Crippen LogP contribution in [0.5, 0.6) is 0 Å². The average molecular weight is 380 g/mol. The average Bonchev–Trinajstić information content (AvgIpc) is 2.82. The standard InChI is InChI=1S/C20H26F2N2O3/c1-18(2,3)27-17(26)24-10-20(11-24)9-14(23-16(20)25)19(4,5)15-12(21)7-6-8-13(15)22/h6-8,14H,9-11H2,1-5H3,(H,23,25). The van der Waals surface area contributed by atoms with E-state index in [0.29, 0.717) is 6.42 Å². The van der Waals surface area contributed by atoms with Gasteiger partial charge in [0.05, 0.1) is 5.41 Å². The normalized spacial score (nSPS) is 21.8. The summed E-state index contributed by atoms with van der Waals surface area (Å²) < 4.78 is 33.9. The first kappa shape index (κ1) is 19.6. The third-order valence-electron chi connectivity index (χ3n) is 5.50. The SMILES string of the molecule is CC(C)(C)OC(=O)N1CC2(CC(C(C)(C)c3c(F)cccc3F)NC2=O)C1. The maximum Gasteiger partial charge on any atom is 0.410 e. The van der Waals surface area contributed by atoms with Gasteiger partial charge in [0, 0.05) is 30.1 Å². The van der Waals surface area contributed by atoms with E-state index < -0.39 is 40.2 Å². The van der Waals surface area contributed by atoms with E-state index in [2.05, 4.69) is 5.32 Å². The first-order valence-electron chi connectivity index (χ1n) is 9.09. The van der Waals surface area contributed by atoms with Crippen LogP contribution in [0.4, 0.5) is 13.6 Å². The Hall–Kier alpha value is -2.18. The van der Waals surface area contributed by atoms with E-state index in [1.807, 2.05) is 0 Å². The van der Waals surface area contributed by atoms with Crippen LogP contribution in [0.15, 0.2) is 18.2 Å². The molecule has 1 unspecified atom stereocenters. The smallest absolute Gasteiger partial charge is 0.410 e. The summed E-state index contributed by atoms with van der Waals surface area (Å²) >= 11 is 0. The van der Waals surface area contributed by atoms with Gasteiger partial charge in [-0.05, 0) is 39.3 Å². The lowest BCUT2D eigenvalue weighted by molar-refractivity contribution is -0.136. The van der Waals surface area contributed by atoms with Crippen LogP contribution in [-0.4, -0.2) is 41.6 Å². The minimum absolute atomic E-state index is 0.0318. The largest absolute Gasteiger partial charge is 0.444 e. The van der Waals surface area contributed by atoms with E-state index in [1.165, 1.54) is 23.1 Å². The van der Waals surface area contributed by atoms with Crippen molar-refractivity contribution in [2.24, 2.45) is 5.41 Å². The van der Waals surface area contributed by atoms with Crippen LogP contribution in [0.2, 0.25) is 0 Å². The molecule has 2 saturated heterocycles. The molecule has 1 aromatic rings. The molecule has 2 fully saturated rings. The van der Waals surface area contributed by atoms with Crippen molar-refractivity contribution in [2.75, 3.05) is 13.1 Å². The molecule has 0 bridgehead atoms. The van der Waals surface area contributed by atoms with Crippen molar-refractivity contribution in [3.05, 3.63) is 35.4 Å². The van der Waals surface area contributed by atoms with Gasteiger partial charge in [-0.2, -0.15) is 0 Å². The van der Waals surface area contributed by atoms with Crippen LogP contribution in [0.3, 0.4) is 0 Å². The first-order chi connectivity index (χ1) is 12.4. The first-order valence-corrected chi connectivity index (χ1v) is 9.09. The molecular formula is C20H26F2N2O3. The van der Waals surface area contributed by atoms with Crippen LogP contribution in [0.25, 0.3) is 0 Å². The van der Waals surface area contributed by atoms with Gasteiger partial charge < -0.3 is 15.0 Å². The van der Waals surface area contributed by atoms with E-state index in [-0.39, 0.29) is 24.6 Å². The second-order valence-corrected chi connectivity index (χ2v) is 9.17. The zero-order chi connectivity index (χ0) is 20.2. The molecule has 5 nitrogen and oxygen atoms in total. The number of benzene rings is 1. The predicted molar refractivity (Wildman–Crippen MR) is 96.2 cm³/mol. The minimum Gasteiger partial charge on any atom is -0.444 e. The van der Waals surface area contributed by atoms with Crippen molar-refractivity contribution in [1.82, 2.24) is 10.2 Å². The van der Waals surface area contributed by atoms with Crippen molar-refractivity contribution in [3.8, 4) is 0 Å². The third kappa shape index (κ3) is 3.39. The second kappa shape index (κ2) is 6.17. The lowest BCUT2D eigenvalue weighted by atomic mass is 9.70. The number of hydrogen-bond donors (Lipinski definition) is 1. The molecule has 0 aliphatic carbocycles. The summed E-state index contributed by atoms with van der Waals surface area (Å²) in [5.41, 5.74) is -2.29. The van der Waals surface area contributed by atoms with Gasteiger partial charge in [-0.3, -0.25) is 4.79 Å². The molecule has 148 valence electrons. The summed E-state index contributed by atoms with van der Waals surface area (Å²) in [4.78, 5) is 26.3. The van der Waals surface area contributed by atoms with Gasteiger partial charge in [-0.25, -0.2) is 13.6 Å². The molecule has 7 heteroatoms. The fraction of sp³-hybridized carbons (Fsp3) is 0.600. The Morgan fingerprint density at radius 2 is 1.74 bits per heavy atom. The second-order valence-electron chi connectivity index (χ2n) is 9.17. The molecule has 2 amide bonds. The Kier molecular flexibility index (Phi) is 4.48. The summed E-state index contributed by atoms with van der Waals surface area (Å²) in [6.45, 7) is 9.30. The number of rotatable bonds is 2. The Balaban J connectivity index is 1.74. The number of ether oxygens (including phenoxy) is 1. The van der Waals surface area contributed by atoms with E-state index in [0.717, 1.165) is 0 Å². The zero-order valence-electron chi connectivity index (χ0n) is 16.4. The third-order valence-corrected chi connectivity index (χ3v) is 5.50.